The van der Waals surface area contributed by atoms with E-state index in [0.29, 0.717) is 12.0 Å². The summed E-state index contributed by atoms with van der Waals surface area (Å²) in [6, 6.07) is -0.0989. The molecule has 1 aliphatic rings. The van der Waals surface area contributed by atoms with Crippen molar-refractivity contribution < 1.29 is 53.4 Å². The van der Waals surface area contributed by atoms with Crippen LogP contribution in [-0.4, -0.2) is 142 Å². The molecule has 8 amide bonds. The molecule has 1 saturated heterocycles. The second-order valence-electron chi connectivity index (χ2n) is 16.8. The molecule has 0 aliphatic carbocycles. The van der Waals surface area contributed by atoms with Gasteiger partial charge in [0, 0.05) is 25.9 Å². The number of aliphatic hydroxyl groups is 1. The lowest BCUT2D eigenvalue weighted by Gasteiger charge is -2.32. The fraction of sp³-hybridized carbons (Fsp3) is 0.619. The Bertz CT molecular complexity index is 1840. The van der Waals surface area contributed by atoms with Crippen LogP contribution >= 0.6 is 0 Å². The average molecular weight is 917 g/mol. The van der Waals surface area contributed by atoms with Gasteiger partial charge in [0.1, 0.15) is 42.3 Å². The van der Waals surface area contributed by atoms with E-state index >= 15 is 0 Å². The number of aliphatic carboxylic acids is 1. The van der Waals surface area contributed by atoms with Crippen molar-refractivity contribution in [2.45, 2.75) is 134 Å². The molecule has 2 rings (SSSR count). The summed E-state index contributed by atoms with van der Waals surface area (Å²) >= 11 is 0. The average Bonchev–Trinajstić information content (AvgIpc) is 3.73. The number of hydrogen-bond donors (Lipinski definition) is 12. The van der Waals surface area contributed by atoms with E-state index in [1.165, 1.54) is 11.8 Å². The fourth-order valence-corrected chi connectivity index (χ4v) is 6.91. The van der Waals surface area contributed by atoms with Crippen molar-refractivity contribution in [2.75, 3.05) is 19.6 Å². The predicted octanol–water partition coefficient (Wildman–Crippen LogP) is -3.43. The van der Waals surface area contributed by atoms with Crippen LogP contribution in [0.4, 0.5) is 0 Å². The minimum atomic E-state index is -1.41. The van der Waals surface area contributed by atoms with Gasteiger partial charge in [0.25, 0.3) is 0 Å². The third-order valence-electron chi connectivity index (χ3n) is 10.5. The number of rotatable bonds is 27. The Morgan fingerprint density at radius 1 is 0.785 bits per heavy atom. The van der Waals surface area contributed by atoms with Crippen LogP contribution in [0.1, 0.15) is 85.1 Å². The summed E-state index contributed by atoms with van der Waals surface area (Å²) in [6.45, 7) is 7.91. The highest BCUT2D eigenvalue weighted by Gasteiger charge is 2.40. The Kier molecular flexibility index (Phi) is 22.8. The molecule has 1 aromatic rings. The van der Waals surface area contributed by atoms with E-state index in [-0.39, 0.29) is 69.9 Å². The number of carbonyl (C=O) groups excluding carboxylic acids is 8. The number of aliphatic imine (C=N–C) groups is 1. The number of likely N-dealkylation sites (tertiary alicyclic amines) is 1. The van der Waals surface area contributed by atoms with Gasteiger partial charge in [0.05, 0.1) is 12.6 Å². The van der Waals surface area contributed by atoms with Gasteiger partial charge in [-0.2, -0.15) is 0 Å². The summed E-state index contributed by atoms with van der Waals surface area (Å²) in [7, 11) is 0. The van der Waals surface area contributed by atoms with Gasteiger partial charge in [-0.3, -0.25) is 43.3 Å². The highest BCUT2D eigenvalue weighted by Crippen LogP contribution is 2.21. The molecule has 8 unspecified atom stereocenters. The third kappa shape index (κ3) is 19.1. The van der Waals surface area contributed by atoms with Crippen LogP contribution in [-0.2, 0) is 49.6 Å². The van der Waals surface area contributed by atoms with E-state index in [0.717, 1.165) is 0 Å². The Balaban J connectivity index is 2.22. The van der Waals surface area contributed by atoms with Crippen molar-refractivity contribution >= 4 is 59.2 Å². The van der Waals surface area contributed by atoms with E-state index in [4.69, 9.17) is 22.9 Å². The molecule has 65 heavy (non-hydrogen) atoms. The highest BCUT2D eigenvalue weighted by atomic mass is 16.4. The number of nitrogens with two attached hydrogens (primary N) is 4. The van der Waals surface area contributed by atoms with Gasteiger partial charge in [-0.05, 0) is 62.8 Å². The minimum absolute atomic E-state index is 0.0258. The molecule has 0 radical (unpaired) electrons. The minimum Gasteiger partial charge on any atom is -0.480 e. The molecule has 1 fully saturated rings. The molecule has 23 nitrogen and oxygen atoms in total. The normalized spacial score (nSPS) is 16.7. The number of nitrogens with one attached hydrogen (secondary N) is 6. The van der Waals surface area contributed by atoms with Gasteiger partial charge in [-0.25, -0.2) is 4.79 Å². The summed E-state index contributed by atoms with van der Waals surface area (Å²) in [4.78, 5) is 123. The number of primary amides is 1. The molecular weight excluding hydrogens is 849 g/mol. The Morgan fingerprint density at radius 2 is 1.43 bits per heavy atom. The SMILES string of the molecule is CC(C)CC(NC(=O)C(NC(=O)C(N)C(C)O)C(C)C)C(=O)N1CCCC1C(=O)NC(CCC(N)=O)C(=O)NCC(=O)NC(Cc1ccccc1)C(=O)NC(CCCN=C(N)N)C(=O)O. The zero-order valence-electron chi connectivity index (χ0n) is 37.7. The zero-order valence-corrected chi connectivity index (χ0v) is 37.7. The predicted molar refractivity (Wildman–Crippen MR) is 237 cm³/mol. The van der Waals surface area contributed by atoms with E-state index in [1.54, 1.807) is 44.2 Å². The zero-order chi connectivity index (χ0) is 49.0. The van der Waals surface area contributed by atoms with Gasteiger partial charge in [-0.15, -0.1) is 0 Å². The van der Waals surface area contributed by atoms with Crippen LogP contribution in [0, 0.1) is 11.8 Å². The van der Waals surface area contributed by atoms with E-state index in [2.05, 4.69) is 36.9 Å². The van der Waals surface area contributed by atoms with Gasteiger partial charge in [0.2, 0.25) is 47.3 Å². The summed E-state index contributed by atoms with van der Waals surface area (Å²) in [5.41, 5.74) is 22.4. The molecule has 0 bridgehead atoms. The Morgan fingerprint density at radius 3 is 2.00 bits per heavy atom. The molecule has 8 atom stereocenters. The molecular formula is C42H68N12O11. The summed E-state index contributed by atoms with van der Waals surface area (Å²) in [5, 5.41) is 34.7. The van der Waals surface area contributed by atoms with Crippen molar-refractivity contribution in [3.8, 4) is 0 Å². The topological polar surface area (TPSA) is 386 Å². The largest absolute Gasteiger partial charge is 0.480 e. The lowest BCUT2D eigenvalue weighted by atomic mass is 9.99. The fourth-order valence-electron chi connectivity index (χ4n) is 6.91. The maximum atomic E-state index is 14.1. The second-order valence-corrected chi connectivity index (χ2v) is 16.8. The lowest BCUT2D eigenvalue weighted by Crippen LogP contribution is -2.60. The first kappa shape index (κ1) is 54.8. The molecule has 0 spiro atoms. The maximum absolute atomic E-state index is 14.1. The Hall–Kier alpha value is -6.36. The van der Waals surface area contributed by atoms with Crippen molar-refractivity contribution in [3.05, 3.63) is 35.9 Å². The van der Waals surface area contributed by atoms with Crippen molar-refractivity contribution in [1.29, 1.82) is 0 Å². The smallest absolute Gasteiger partial charge is 0.326 e. The number of carboxylic acids is 1. The van der Waals surface area contributed by atoms with Crippen molar-refractivity contribution in [2.24, 2.45) is 39.8 Å². The van der Waals surface area contributed by atoms with E-state index in [1.807, 2.05) is 13.8 Å². The molecule has 1 aliphatic heterocycles. The van der Waals surface area contributed by atoms with Gasteiger partial charge < -0.3 is 69.9 Å². The first-order valence-corrected chi connectivity index (χ1v) is 21.6. The number of guanidine groups is 1. The van der Waals surface area contributed by atoms with Crippen LogP contribution in [0.3, 0.4) is 0 Å². The van der Waals surface area contributed by atoms with E-state index < -0.39 is 114 Å². The Labute approximate surface area is 378 Å². The molecule has 1 heterocycles. The molecule has 362 valence electrons. The number of carboxylic acid groups (broad SMARTS) is 1. The summed E-state index contributed by atoms with van der Waals surface area (Å²) < 4.78 is 0. The first-order valence-electron chi connectivity index (χ1n) is 21.6. The van der Waals surface area contributed by atoms with Crippen LogP contribution < -0.4 is 54.8 Å². The monoisotopic (exact) mass is 917 g/mol. The number of aliphatic hydroxyl groups excluding tert-OH is 1. The van der Waals surface area contributed by atoms with Crippen LogP contribution in [0.5, 0.6) is 0 Å². The summed E-state index contributed by atoms with van der Waals surface area (Å²) in [6.07, 6.45) is -0.897. The molecule has 0 saturated carbocycles. The molecule has 1 aromatic carbocycles. The van der Waals surface area contributed by atoms with E-state index in [9.17, 15) is 53.4 Å². The van der Waals surface area contributed by atoms with Crippen LogP contribution in [0.2, 0.25) is 0 Å². The third-order valence-corrected chi connectivity index (χ3v) is 10.5. The standard InChI is InChI=1S/C42H68N12O11/c1-22(2)19-29(52-39(62)34(23(3)4)53-38(61)33(44)24(5)55)40(63)54-18-10-14-30(54)37(60)50-26(15-16-31(43)56)35(58)48-21-32(57)49-28(20-25-11-7-6-8-12-25)36(59)51-27(41(64)65)13-9-17-47-42(45)46/h6-8,11-12,22-24,26-30,33-34,55H,9-10,13-21,44H2,1-5H3,(H2,43,56)(H,48,58)(H,49,57)(H,50,60)(H,51,59)(H,52,62)(H,53,61)(H,64,65)(H4,45,46,47). The summed E-state index contributed by atoms with van der Waals surface area (Å²) in [5.74, 6) is -8.14. The van der Waals surface area contributed by atoms with Gasteiger partial charge in [0.15, 0.2) is 5.96 Å². The van der Waals surface area contributed by atoms with Gasteiger partial charge >= 0.3 is 5.97 Å². The van der Waals surface area contributed by atoms with Gasteiger partial charge in [-0.1, -0.05) is 58.0 Å². The molecule has 0 aromatic heterocycles. The van der Waals surface area contributed by atoms with Crippen LogP contribution in [0.15, 0.2) is 35.3 Å². The number of amides is 8. The van der Waals surface area contributed by atoms with Crippen molar-refractivity contribution in [1.82, 2.24) is 36.8 Å². The number of carbonyl (C=O) groups is 9. The molecule has 23 heteroatoms. The molecule has 16 N–H and O–H groups in total. The second kappa shape index (κ2) is 27.1. The highest BCUT2D eigenvalue weighted by molar-refractivity contribution is 5.97. The lowest BCUT2D eigenvalue weighted by molar-refractivity contribution is -0.143. The number of benzene rings is 1. The maximum Gasteiger partial charge on any atom is 0.326 e. The van der Waals surface area contributed by atoms with Crippen molar-refractivity contribution in [3.63, 3.8) is 0 Å². The quantitative estimate of drug-likeness (QED) is 0.0232. The number of nitrogens with zero attached hydrogens (tertiary/aromatic N) is 2. The van der Waals surface area contributed by atoms with Crippen LogP contribution in [0.25, 0.3) is 0 Å². The first-order chi connectivity index (χ1) is 30.5. The number of hydrogen-bond acceptors (Lipinski definition) is 12.